The molecule has 0 saturated heterocycles. The van der Waals surface area contributed by atoms with E-state index >= 15 is 0 Å². The highest BCUT2D eigenvalue weighted by molar-refractivity contribution is 5.74. The van der Waals surface area contributed by atoms with Gasteiger partial charge in [0.1, 0.15) is 0 Å². The van der Waals surface area contributed by atoms with Crippen molar-refractivity contribution < 1.29 is 9.90 Å². The Morgan fingerprint density at radius 2 is 1.95 bits per heavy atom. The molecule has 3 N–H and O–H groups in total. The molecule has 4 heteroatoms. The monoisotopic (exact) mass is 276 g/mol. The molecule has 1 aromatic carbocycles. The molecule has 4 nitrogen and oxygen atoms in total. The fourth-order valence-electron chi connectivity index (χ4n) is 2.72. The molecule has 110 valence electrons. The largest absolute Gasteiger partial charge is 0.396 e. The van der Waals surface area contributed by atoms with Crippen LogP contribution in [0.3, 0.4) is 0 Å². The zero-order chi connectivity index (χ0) is 14.4. The van der Waals surface area contributed by atoms with Crippen LogP contribution in [0, 0.1) is 12.8 Å². The zero-order valence-electron chi connectivity index (χ0n) is 12.1. The molecule has 0 spiro atoms. The number of aryl methyl sites for hydroxylation is 1. The van der Waals surface area contributed by atoms with E-state index in [2.05, 4.69) is 10.6 Å². The summed E-state index contributed by atoms with van der Waals surface area (Å²) in [5, 5.41) is 15.2. The first-order valence-corrected chi connectivity index (χ1v) is 7.40. The van der Waals surface area contributed by atoms with E-state index in [1.54, 1.807) is 0 Å². The number of urea groups is 1. The maximum Gasteiger partial charge on any atom is 0.315 e. The van der Waals surface area contributed by atoms with E-state index in [4.69, 9.17) is 0 Å². The van der Waals surface area contributed by atoms with Gasteiger partial charge in [-0.2, -0.15) is 0 Å². The lowest BCUT2D eigenvalue weighted by molar-refractivity contribution is 0.153. The fraction of sp³-hybridized carbons (Fsp3) is 0.562. The predicted molar refractivity (Wildman–Crippen MR) is 79.4 cm³/mol. The molecule has 2 amide bonds. The highest BCUT2D eigenvalue weighted by Gasteiger charge is 2.25. The predicted octanol–water partition coefficient (Wildman–Crippen LogP) is 2.35. The van der Waals surface area contributed by atoms with Crippen LogP contribution in [0.5, 0.6) is 0 Å². The minimum atomic E-state index is -0.143. The first kappa shape index (κ1) is 14.9. The van der Waals surface area contributed by atoms with Gasteiger partial charge in [0.15, 0.2) is 0 Å². The number of carbonyl (C=O) groups is 1. The molecule has 2 unspecified atom stereocenters. The molecule has 1 saturated carbocycles. The number of benzene rings is 1. The summed E-state index contributed by atoms with van der Waals surface area (Å²) in [5.74, 6) is 0.203. The maximum absolute atomic E-state index is 11.9. The van der Waals surface area contributed by atoms with Crippen LogP contribution in [0.15, 0.2) is 24.3 Å². The molecule has 0 aliphatic heterocycles. The average molecular weight is 276 g/mol. The number of carbonyl (C=O) groups excluding carboxylic acids is 1. The van der Waals surface area contributed by atoms with Gasteiger partial charge < -0.3 is 15.7 Å². The summed E-state index contributed by atoms with van der Waals surface area (Å²) in [6, 6.07) is 8.08. The summed E-state index contributed by atoms with van der Waals surface area (Å²) >= 11 is 0. The molecule has 1 fully saturated rings. The molecule has 1 aliphatic carbocycles. The van der Waals surface area contributed by atoms with Crippen LogP contribution in [0.25, 0.3) is 0 Å². The smallest absolute Gasteiger partial charge is 0.315 e. The molecule has 20 heavy (non-hydrogen) atoms. The Kier molecular flexibility index (Phi) is 5.41. The summed E-state index contributed by atoms with van der Waals surface area (Å²) in [6.07, 6.45) is 4.23. The number of aliphatic hydroxyl groups excluding tert-OH is 1. The van der Waals surface area contributed by atoms with Crippen molar-refractivity contribution in [2.24, 2.45) is 5.92 Å². The molecule has 0 aromatic heterocycles. The molecular formula is C16H24N2O2. The summed E-state index contributed by atoms with van der Waals surface area (Å²) in [4.78, 5) is 11.9. The van der Waals surface area contributed by atoms with E-state index < -0.39 is 0 Å². The third-order valence-corrected chi connectivity index (χ3v) is 4.03. The minimum Gasteiger partial charge on any atom is -0.396 e. The Balaban J connectivity index is 1.78. The fourth-order valence-corrected chi connectivity index (χ4v) is 2.72. The van der Waals surface area contributed by atoms with Gasteiger partial charge in [-0.1, -0.05) is 42.7 Å². The molecule has 0 bridgehead atoms. The number of hydrogen-bond donors (Lipinski definition) is 3. The van der Waals surface area contributed by atoms with Crippen molar-refractivity contribution in [2.45, 2.75) is 45.2 Å². The third-order valence-electron chi connectivity index (χ3n) is 4.03. The summed E-state index contributed by atoms with van der Waals surface area (Å²) < 4.78 is 0. The van der Waals surface area contributed by atoms with Crippen molar-refractivity contribution >= 4 is 6.03 Å². The number of hydrogen-bond acceptors (Lipinski definition) is 2. The van der Waals surface area contributed by atoms with E-state index in [1.165, 1.54) is 5.56 Å². The van der Waals surface area contributed by atoms with Gasteiger partial charge in [0.2, 0.25) is 0 Å². The standard InChI is InChI=1S/C16H24N2O2/c1-12-6-8-13(9-7-12)10-17-16(20)18-15-5-3-2-4-14(15)11-19/h6-9,14-15,19H,2-5,10-11H2,1H3,(H2,17,18,20). The first-order valence-electron chi connectivity index (χ1n) is 7.40. The molecular weight excluding hydrogens is 252 g/mol. The Labute approximate surface area is 120 Å². The maximum atomic E-state index is 11.9. The highest BCUT2D eigenvalue weighted by Crippen LogP contribution is 2.23. The lowest BCUT2D eigenvalue weighted by atomic mass is 9.85. The Bertz CT molecular complexity index is 431. The van der Waals surface area contributed by atoms with Gasteiger partial charge in [-0.3, -0.25) is 0 Å². The summed E-state index contributed by atoms with van der Waals surface area (Å²) in [6.45, 7) is 2.73. The molecule has 2 atom stereocenters. The molecule has 1 aliphatic rings. The molecule has 1 aromatic rings. The highest BCUT2D eigenvalue weighted by atomic mass is 16.3. The second-order valence-electron chi connectivity index (χ2n) is 5.65. The third kappa shape index (κ3) is 4.23. The van der Waals surface area contributed by atoms with Crippen LogP contribution in [-0.2, 0) is 6.54 Å². The van der Waals surface area contributed by atoms with Gasteiger partial charge in [-0.05, 0) is 25.3 Å². The second kappa shape index (κ2) is 7.29. The summed E-state index contributed by atoms with van der Waals surface area (Å²) in [5.41, 5.74) is 2.30. The van der Waals surface area contributed by atoms with E-state index in [0.717, 1.165) is 31.2 Å². The Morgan fingerprint density at radius 3 is 2.65 bits per heavy atom. The van der Waals surface area contributed by atoms with Gasteiger partial charge >= 0.3 is 6.03 Å². The first-order chi connectivity index (χ1) is 9.69. The van der Waals surface area contributed by atoms with Crippen LogP contribution >= 0.6 is 0 Å². The molecule has 0 radical (unpaired) electrons. The van der Waals surface area contributed by atoms with Crippen molar-refractivity contribution in [3.05, 3.63) is 35.4 Å². The van der Waals surface area contributed by atoms with E-state index in [0.29, 0.717) is 6.54 Å². The average Bonchev–Trinajstić information content (AvgIpc) is 2.47. The SMILES string of the molecule is Cc1ccc(CNC(=O)NC2CCCCC2CO)cc1. The molecule has 0 heterocycles. The van der Waals surface area contributed by atoms with Gasteiger partial charge in [-0.15, -0.1) is 0 Å². The van der Waals surface area contributed by atoms with Crippen molar-refractivity contribution in [3.8, 4) is 0 Å². The van der Waals surface area contributed by atoms with Gasteiger partial charge in [0.25, 0.3) is 0 Å². The molecule has 2 rings (SSSR count). The van der Waals surface area contributed by atoms with Crippen molar-refractivity contribution in [1.29, 1.82) is 0 Å². The normalized spacial score (nSPS) is 22.3. The van der Waals surface area contributed by atoms with Gasteiger partial charge in [0, 0.05) is 25.1 Å². The van der Waals surface area contributed by atoms with E-state index in [9.17, 15) is 9.90 Å². The number of amides is 2. The Hall–Kier alpha value is -1.55. The minimum absolute atomic E-state index is 0.103. The van der Waals surface area contributed by atoms with E-state index in [-0.39, 0.29) is 24.6 Å². The Morgan fingerprint density at radius 1 is 1.25 bits per heavy atom. The van der Waals surface area contributed by atoms with E-state index in [1.807, 2.05) is 31.2 Å². The number of aliphatic hydroxyl groups is 1. The lowest BCUT2D eigenvalue weighted by Gasteiger charge is -2.30. The lowest BCUT2D eigenvalue weighted by Crippen LogP contribution is -2.47. The van der Waals surface area contributed by atoms with Crippen LogP contribution in [-0.4, -0.2) is 23.8 Å². The van der Waals surface area contributed by atoms with Crippen LogP contribution in [0.1, 0.15) is 36.8 Å². The number of rotatable bonds is 4. The van der Waals surface area contributed by atoms with Gasteiger partial charge in [0.05, 0.1) is 0 Å². The van der Waals surface area contributed by atoms with Crippen molar-refractivity contribution in [3.63, 3.8) is 0 Å². The van der Waals surface area contributed by atoms with Gasteiger partial charge in [-0.25, -0.2) is 4.79 Å². The van der Waals surface area contributed by atoms with Crippen LogP contribution < -0.4 is 10.6 Å². The van der Waals surface area contributed by atoms with Crippen molar-refractivity contribution in [2.75, 3.05) is 6.61 Å². The zero-order valence-corrected chi connectivity index (χ0v) is 12.1. The van der Waals surface area contributed by atoms with Crippen LogP contribution in [0.4, 0.5) is 4.79 Å². The second-order valence-corrected chi connectivity index (χ2v) is 5.65. The topological polar surface area (TPSA) is 61.4 Å². The summed E-state index contributed by atoms with van der Waals surface area (Å²) in [7, 11) is 0. The number of nitrogens with one attached hydrogen (secondary N) is 2. The quantitative estimate of drug-likeness (QED) is 0.790. The van der Waals surface area contributed by atoms with Crippen LogP contribution in [0.2, 0.25) is 0 Å². The van der Waals surface area contributed by atoms with Crippen molar-refractivity contribution in [1.82, 2.24) is 10.6 Å².